The number of rotatable bonds is 8. The summed E-state index contributed by atoms with van der Waals surface area (Å²) in [5.41, 5.74) is 4.30. The molecule has 0 bridgehead atoms. The Morgan fingerprint density at radius 1 is 1.14 bits per heavy atom. The van der Waals surface area contributed by atoms with Crippen molar-refractivity contribution in [1.29, 1.82) is 0 Å². The lowest BCUT2D eigenvalue weighted by molar-refractivity contribution is -0.658. The van der Waals surface area contributed by atoms with Crippen LogP contribution >= 0.6 is 11.6 Å². The average molecular weight is 607 g/mol. The largest absolute Gasteiger partial charge is 0.392 e. The van der Waals surface area contributed by atoms with Crippen LogP contribution in [-0.4, -0.2) is 47.3 Å². The third kappa shape index (κ3) is 5.28. The van der Waals surface area contributed by atoms with E-state index in [1.807, 2.05) is 17.7 Å². The van der Waals surface area contributed by atoms with Crippen molar-refractivity contribution in [3.8, 4) is 11.3 Å². The molecule has 5 aromatic rings. The van der Waals surface area contributed by atoms with E-state index < -0.39 is 10.0 Å². The van der Waals surface area contributed by atoms with Crippen molar-refractivity contribution in [2.24, 2.45) is 7.05 Å². The molecule has 218 valence electrons. The van der Waals surface area contributed by atoms with E-state index in [1.165, 1.54) is 31.3 Å². The smallest absolute Gasteiger partial charge is 0.378 e. The van der Waals surface area contributed by atoms with Gasteiger partial charge in [0.1, 0.15) is 22.8 Å². The molecule has 0 unspecified atom stereocenters. The monoisotopic (exact) mass is 606 g/mol. The molecule has 1 aliphatic rings. The number of nitrogens with zero attached hydrogens (tertiary/aromatic N) is 5. The molecule has 10 nitrogen and oxygen atoms in total. The minimum atomic E-state index is -3.97. The van der Waals surface area contributed by atoms with Crippen LogP contribution < -0.4 is 14.6 Å². The van der Waals surface area contributed by atoms with Crippen molar-refractivity contribution < 1.29 is 17.7 Å². The minimum absolute atomic E-state index is 0.0206. The molecular formula is C30H33ClN7O3S+. The fourth-order valence-electron chi connectivity index (χ4n) is 5.75. The summed E-state index contributed by atoms with van der Waals surface area (Å²) in [6.45, 7) is 2.11. The van der Waals surface area contributed by atoms with Crippen LogP contribution in [0.5, 0.6) is 0 Å². The molecule has 2 N–H and O–H groups in total. The van der Waals surface area contributed by atoms with E-state index in [9.17, 15) is 8.42 Å². The molecule has 3 aromatic heterocycles. The van der Waals surface area contributed by atoms with Crippen molar-refractivity contribution >= 4 is 49.8 Å². The highest BCUT2D eigenvalue weighted by Gasteiger charge is 2.30. The van der Waals surface area contributed by atoms with E-state index in [0.29, 0.717) is 5.52 Å². The van der Waals surface area contributed by atoms with Crippen LogP contribution in [0.15, 0.2) is 66.0 Å². The predicted octanol–water partition coefficient (Wildman–Crippen LogP) is 5.16. The van der Waals surface area contributed by atoms with E-state index in [4.69, 9.17) is 21.3 Å². The van der Waals surface area contributed by atoms with Gasteiger partial charge < -0.3 is 4.74 Å². The van der Waals surface area contributed by atoms with Gasteiger partial charge in [0.25, 0.3) is 10.0 Å². The maximum atomic E-state index is 13.1. The standard InChI is InChI=1S/C30H32ClN7O3S/c1-4-19-15-20(16-21-17-37(2)30(35-28(19)21)34-23-10-6-7-11-26(23)41-3)24-13-14-25-29(32-18-33-38(24)25)36-42(39,40)27-12-8-5-9-22(27)31/h5,8-9,12-18,23,26H,4,6-7,10-11H2,1-3H3,(H,32,33,36)/p+1/t23-,26+/m0/s1. The molecule has 2 aromatic carbocycles. The van der Waals surface area contributed by atoms with Gasteiger partial charge >= 0.3 is 5.95 Å². The second-order valence-corrected chi connectivity index (χ2v) is 12.6. The van der Waals surface area contributed by atoms with Gasteiger partial charge in [0.15, 0.2) is 11.3 Å². The Bertz CT molecular complexity index is 1890. The number of anilines is 2. The van der Waals surface area contributed by atoms with Crippen LogP contribution in [0.2, 0.25) is 5.02 Å². The van der Waals surface area contributed by atoms with Crippen LogP contribution in [-0.2, 0) is 28.2 Å². The highest BCUT2D eigenvalue weighted by molar-refractivity contribution is 7.92. The molecule has 0 spiro atoms. The number of sulfonamides is 1. The lowest BCUT2D eigenvalue weighted by Crippen LogP contribution is -2.43. The van der Waals surface area contributed by atoms with Gasteiger partial charge in [-0.05, 0) is 67.6 Å². The summed E-state index contributed by atoms with van der Waals surface area (Å²) in [7, 11) is -0.191. The van der Waals surface area contributed by atoms with Gasteiger partial charge in [-0.15, -0.1) is 0 Å². The average Bonchev–Trinajstić information content (AvgIpc) is 3.42. The zero-order valence-electron chi connectivity index (χ0n) is 23.7. The number of hydrogen-bond donors (Lipinski definition) is 2. The first-order chi connectivity index (χ1) is 20.3. The molecule has 0 radical (unpaired) electrons. The zero-order chi connectivity index (χ0) is 29.4. The number of aryl methyl sites for hydroxylation is 2. The molecule has 12 heteroatoms. The minimum Gasteiger partial charge on any atom is -0.378 e. The number of fused-ring (bicyclic) bond motifs is 2. The van der Waals surface area contributed by atoms with Gasteiger partial charge in [0.05, 0.1) is 30.1 Å². The number of ether oxygens (including phenoxy) is 1. The summed E-state index contributed by atoms with van der Waals surface area (Å²) >= 11 is 6.16. The molecule has 1 fully saturated rings. The fraction of sp³-hybridized carbons (Fsp3) is 0.333. The summed E-state index contributed by atoms with van der Waals surface area (Å²) in [6.07, 6.45) is 8.85. The molecule has 1 saturated carbocycles. The molecule has 42 heavy (non-hydrogen) atoms. The molecule has 1 aliphatic carbocycles. The molecule has 0 aliphatic heterocycles. The van der Waals surface area contributed by atoms with E-state index >= 15 is 0 Å². The quantitative estimate of drug-likeness (QED) is 0.235. The second kappa shape index (κ2) is 11.5. The van der Waals surface area contributed by atoms with Crippen LogP contribution in [0, 0.1) is 0 Å². The fourth-order valence-corrected chi connectivity index (χ4v) is 7.29. The van der Waals surface area contributed by atoms with Crippen molar-refractivity contribution in [1.82, 2.24) is 19.6 Å². The Hall–Kier alpha value is -3.80. The summed E-state index contributed by atoms with van der Waals surface area (Å²) in [5.74, 6) is 0.976. The summed E-state index contributed by atoms with van der Waals surface area (Å²) < 4.78 is 38.2. The first kappa shape index (κ1) is 28.3. The van der Waals surface area contributed by atoms with E-state index in [-0.39, 0.29) is 27.9 Å². The molecule has 6 rings (SSSR count). The maximum Gasteiger partial charge on any atom is 0.392 e. The Balaban J connectivity index is 1.37. The SMILES string of the molecule is CCc1cc(-c2ccc3c(NS(=O)(=O)c4ccccc4Cl)ncnn23)cc2c[n+](C)c(N[C@H]3CCCC[C@H]3OC)nc12. The highest BCUT2D eigenvalue weighted by atomic mass is 35.5. The Morgan fingerprint density at radius 3 is 2.74 bits per heavy atom. The first-order valence-electron chi connectivity index (χ1n) is 14.0. The van der Waals surface area contributed by atoms with Crippen LogP contribution in [0.25, 0.3) is 27.7 Å². The topological polar surface area (TPSA) is 114 Å². The Morgan fingerprint density at radius 2 is 1.95 bits per heavy atom. The normalized spacial score (nSPS) is 17.5. The zero-order valence-corrected chi connectivity index (χ0v) is 25.3. The van der Waals surface area contributed by atoms with Gasteiger partial charge in [-0.25, -0.2) is 22.5 Å². The summed E-state index contributed by atoms with van der Waals surface area (Å²) in [5, 5.41) is 9.21. The number of nitrogens with one attached hydrogen (secondary N) is 2. The lowest BCUT2D eigenvalue weighted by Gasteiger charge is -2.28. The summed E-state index contributed by atoms with van der Waals surface area (Å²) in [4.78, 5) is 9.26. The van der Waals surface area contributed by atoms with Crippen LogP contribution in [0.4, 0.5) is 11.8 Å². The molecule has 0 amide bonds. The maximum absolute atomic E-state index is 13.1. The van der Waals surface area contributed by atoms with Crippen LogP contribution in [0.1, 0.15) is 38.2 Å². The number of halogens is 1. The lowest BCUT2D eigenvalue weighted by atomic mass is 9.92. The Labute approximate surface area is 249 Å². The van der Waals surface area contributed by atoms with Crippen LogP contribution in [0.3, 0.4) is 0 Å². The van der Waals surface area contributed by atoms with Crippen molar-refractivity contribution in [2.75, 3.05) is 17.1 Å². The number of benzene rings is 2. The van der Waals surface area contributed by atoms with Crippen molar-refractivity contribution in [3.63, 3.8) is 0 Å². The Kier molecular flexibility index (Phi) is 7.73. The van der Waals surface area contributed by atoms with Gasteiger partial charge in [-0.3, -0.25) is 10.0 Å². The van der Waals surface area contributed by atoms with Crippen molar-refractivity contribution in [2.45, 2.75) is 56.1 Å². The van der Waals surface area contributed by atoms with E-state index in [1.54, 1.807) is 29.8 Å². The molecule has 3 heterocycles. The van der Waals surface area contributed by atoms with Gasteiger partial charge in [0.2, 0.25) is 0 Å². The van der Waals surface area contributed by atoms with Gasteiger partial charge in [-0.2, -0.15) is 5.10 Å². The number of aromatic nitrogens is 5. The van der Waals surface area contributed by atoms with Gasteiger partial charge in [0, 0.05) is 18.1 Å². The van der Waals surface area contributed by atoms with E-state index in [2.05, 4.69) is 45.4 Å². The highest BCUT2D eigenvalue weighted by Crippen LogP contribution is 2.31. The second-order valence-electron chi connectivity index (χ2n) is 10.6. The molecular weight excluding hydrogens is 574 g/mol. The number of methoxy groups -OCH3 is 1. The van der Waals surface area contributed by atoms with Gasteiger partial charge in [-0.1, -0.05) is 42.1 Å². The molecule has 2 atom stereocenters. The third-order valence-corrected chi connectivity index (χ3v) is 9.75. The first-order valence-corrected chi connectivity index (χ1v) is 15.9. The predicted molar refractivity (Wildman–Crippen MR) is 163 cm³/mol. The number of hydrogen-bond acceptors (Lipinski definition) is 7. The van der Waals surface area contributed by atoms with Crippen molar-refractivity contribution in [3.05, 3.63) is 71.6 Å². The molecule has 0 saturated heterocycles. The summed E-state index contributed by atoms with van der Waals surface area (Å²) in [6, 6.07) is 14.4. The third-order valence-electron chi connectivity index (χ3n) is 7.91. The van der Waals surface area contributed by atoms with E-state index in [0.717, 1.165) is 52.9 Å².